The molecule has 3 N–H and O–H groups in total. The summed E-state index contributed by atoms with van der Waals surface area (Å²) in [6.07, 6.45) is 1.78. The summed E-state index contributed by atoms with van der Waals surface area (Å²) in [5.41, 5.74) is 3.25. The molecule has 0 saturated carbocycles. The Morgan fingerprint density at radius 1 is 1.20 bits per heavy atom. The minimum atomic E-state index is -0.988. The second kappa shape index (κ2) is 8.14. The van der Waals surface area contributed by atoms with Gasteiger partial charge in [0, 0.05) is 34.0 Å². The van der Waals surface area contributed by atoms with Crippen molar-refractivity contribution in [3.05, 3.63) is 71.9 Å². The molecule has 0 unspecified atom stereocenters. The number of aromatic nitrogens is 1. The van der Waals surface area contributed by atoms with E-state index < -0.39 is 12.0 Å². The maximum Gasteiger partial charge on any atom is 0.326 e. The molecular weight excluding hydrogens is 352 g/mol. The van der Waals surface area contributed by atoms with Crippen LogP contribution in [0.1, 0.15) is 11.1 Å². The van der Waals surface area contributed by atoms with E-state index in [2.05, 4.69) is 14.7 Å². The molecule has 6 heteroatoms. The summed E-state index contributed by atoms with van der Waals surface area (Å²) in [5.74, 6) is -0.332. The summed E-state index contributed by atoms with van der Waals surface area (Å²) < 4.78 is 3.01. The number of hydrogen-bond acceptors (Lipinski definition) is 4. The van der Waals surface area contributed by atoms with E-state index in [0.717, 1.165) is 22.0 Å². The standard InChI is InChI=1S/C19H16N2O2S2/c22-19(23)18(21-25-12-13-6-2-1-3-7-13)16(11-24)15-10-20-17-9-5-4-8-14(15)17/h1-10,18,20-21H,12H2,(H,22,23)/t18-/m0/s1. The van der Waals surface area contributed by atoms with Gasteiger partial charge >= 0.3 is 5.97 Å². The van der Waals surface area contributed by atoms with Gasteiger partial charge in [-0.1, -0.05) is 60.5 Å². The first kappa shape index (κ1) is 17.5. The molecular formula is C19H16N2O2S2. The number of benzene rings is 2. The van der Waals surface area contributed by atoms with E-state index in [-0.39, 0.29) is 0 Å². The van der Waals surface area contributed by atoms with Crippen molar-refractivity contribution >= 4 is 51.6 Å². The quantitative estimate of drug-likeness (QED) is 0.434. The number of aromatic amines is 1. The molecule has 0 aliphatic carbocycles. The molecule has 0 saturated heterocycles. The van der Waals surface area contributed by atoms with Gasteiger partial charge in [0.15, 0.2) is 0 Å². The lowest BCUT2D eigenvalue weighted by Gasteiger charge is -2.15. The zero-order valence-electron chi connectivity index (χ0n) is 13.2. The Bertz CT molecular complexity index is 931. The number of rotatable bonds is 7. The lowest BCUT2D eigenvalue weighted by molar-refractivity contribution is -0.137. The average molecular weight is 368 g/mol. The zero-order chi connectivity index (χ0) is 17.6. The fourth-order valence-corrected chi connectivity index (χ4v) is 3.63. The maximum atomic E-state index is 11.8. The molecule has 126 valence electrons. The number of nitrogens with one attached hydrogen (secondary N) is 2. The largest absolute Gasteiger partial charge is 0.480 e. The summed E-state index contributed by atoms with van der Waals surface area (Å²) in [6.45, 7) is 0. The molecule has 0 spiro atoms. The van der Waals surface area contributed by atoms with E-state index in [1.165, 1.54) is 11.9 Å². The third-order valence-electron chi connectivity index (χ3n) is 3.81. The molecule has 1 aromatic heterocycles. The number of carbonyl (C=O) groups is 1. The third-order valence-corrected chi connectivity index (χ3v) is 4.91. The Morgan fingerprint density at radius 2 is 1.92 bits per heavy atom. The van der Waals surface area contributed by atoms with Crippen LogP contribution in [-0.4, -0.2) is 27.1 Å². The van der Waals surface area contributed by atoms with Gasteiger partial charge in [-0.2, -0.15) is 0 Å². The van der Waals surface area contributed by atoms with Crippen LogP contribution >= 0.6 is 24.2 Å². The number of hydrogen-bond donors (Lipinski definition) is 3. The van der Waals surface area contributed by atoms with Crippen LogP contribution in [0.5, 0.6) is 0 Å². The highest BCUT2D eigenvalue weighted by molar-refractivity contribution is 7.96. The molecule has 2 aromatic carbocycles. The predicted octanol–water partition coefficient (Wildman–Crippen LogP) is 4.04. The number of para-hydroxylation sites is 1. The van der Waals surface area contributed by atoms with Gasteiger partial charge in [0.05, 0.1) is 0 Å². The predicted molar refractivity (Wildman–Crippen MR) is 107 cm³/mol. The van der Waals surface area contributed by atoms with E-state index in [9.17, 15) is 9.90 Å². The van der Waals surface area contributed by atoms with Gasteiger partial charge in [-0.25, -0.2) is 4.72 Å². The molecule has 0 aliphatic rings. The van der Waals surface area contributed by atoms with Crippen molar-refractivity contribution in [3.8, 4) is 0 Å². The molecule has 3 rings (SSSR count). The minimum absolute atomic E-state index is 0.445. The second-order valence-electron chi connectivity index (χ2n) is 5.43. The molecule has 4 nitrogen and oxygen atoms in total. The van der Waals surface area contributed by atoms with Crippen LogP contribution < -0.4 is 4.72 Å². The summed E-state index contributed by atoms with van der Waals surface area (Å²) in [5, 5.41) is 13.2. The van der Waals surface area contributed by atoms with Gasteiger partial charge < -0.3 is 10.1 Å². The van der Waals surface area contributed by atoms with Crippen molar-refractivity contribution in [2.45, 2.75) is 11.8 Å². The lowest BCUT2D eigenvalue weighted by Crippen LogP contribution is -2.33. The Hall–Kier alpha value is -2.37. The Labute approximate surface area is 155 Å². The molecule has 0 fully saturated rings. The highest BCUT2D eigenvalue weighted by Crippen LogP contribution is 2.27. The highest BCUT2D eigenvalue weighted by Gasteiger charge is 2.25. The Kier molecular flexibility index (Phi) is 5.68. The summed E-state index contributed by atoms with van der Waals surface area (Å²) in [7, 11) is 0. The molecule has 3 aromatic rings. The number of fused-ring (bicyclic) bond motifs is 1. The summed E-state index contributed by atoms with van der Waals surface area (Å²) in [4.78, 5) is 14.9. The van der Waals surface area contributed by atoms with E-state index in [0.29, 0.717) is 11.3 Å². The smallest absolute Gasteiger partial charge is 0.326 e. The van der Waals surface area contributed by atoms with Crippen LogP contribution in [0.25, 0.3) is 16.5 Å². The normalized spacial score (nSPS) is 11.8. The van der Waals surface area contributed by atoms with E-state index >= 15 is 0 Å². The Balaban J connectivity index is 1.81. The number of thiocarbonyl (C=S) groups is 1. The van der Waals surface area contributed by atoms with Crippen molar-refractivity contribution < 1.29 is 9.90 Å². The van der Waals surface area contributed by atoms with Crippen LogP contribution in [0, 0.1) is 0 Å². The zero-order valence-corrected chi connectivity index (χ0v) is 14.9. The molecule has 0 aliphatic heterocycles. The van der Waals surface area contributed by atoms with Gasteiger partial charge in [0.2, 0.25) is 0 Å². The van der Waals surface area contributed by atoms with Crippen LogP contribution in [-0.2, 0) is 10.5 Å². The van der Waals surface area contributed by atoms with Crippen LogP contribution in [0.2, 0.25) is 0 Å². The van der Waals surface area contributed by atoms with Gasteiger partial charge in [0.1, 0.15) is 6.04 Å². The highest BCUT2D eigenvalue weighted by atomic mass is 32.2. The van der Waals surface area contributed by atoms with Gasteiger partial charge in [-0.3, -0.25) is 4.79 Å². The molecule has 1 heterocycles. The molecule has 0 radical (unpaired) electrons. The fourth-order valence-electron chi connectivity index (χ4n) is 2.58. The van der Waals surface area contributed by atoms with Crippen LogP contribution in [0.4, 0.5) is 0 Å². The van der Waals surface area contributed by atoms with Gasteiger partial charge in [-0.15, -0.1) is 0 Å². The number of aliphatic carboxylic acids is 1. The van der Waals surface area contributed by atoms with E-state index in [4.69, 9.17) is 12.2 Å². The minimum Gasteiger partial charge on any atom is -0.480 e. The van der Waals surface area contributed by atoms with Crippen molar-refractivity contribution in [2.24, 2.45) is 0 Å². The van der Waals surface area contributed by atoms with Crippen LogP contribution in [0.15, 0.2) is 60.8 Å². The SMILES string of the molecule is O=C(O)[C@@H](NSCc1ccccc1)C(=C=S)c1c[nH]c2ccccc12. The monoisotopic (exact) mass is 368 g/mol. The van der Waals surface area contributed by atoms with E-state index in [1.807, 2.05) is 54.6 Å². The molecule has 0 amide bonds. The third kappa shape index (κ3) is 4.00. The number of carboxylic acids is 1. The summed E-state index contributed by atoms with van der Waals surface area (Å²) in [6, 6.07) is 16.6. The topological polar surface area (TPSA) is 65.1 Å². The average Bonchev–Trinajstić information content (AvgIpc) is 3.06. The molecule has 25 heavy (non-hydrogen) atoms. The fraction of sp³-hybridized carbons (Fsp3) is 0.105. The van der Waals surface area contributed by atoms with Crippen molar-refractivity contribution in [1.82, 2.24) is 9.71 Å². The molecule has 0 bridgehead atoms. The van der Waals surface area contributed by atoms with Crippen molar-refractivity contribution in [2.75, 3.05) is 0 Å². The van der Waals surface area contributed by atoms with Crippen molar-refractivity contribution in [1.29, 1.82) is 0 Å². The maximum absolute atomic E-state index is 11.8. The summed E-state index contributed by atoms with van der Waals surface area (Å²) >= 11 is 6.35. The van der Waals surface area contributed by atoms with Gasteiger partial charge in [-0.05, 0) is 28.9 Å². The second-order valence-corrected chi connectivity index (χ2v) is 6.44. The molecule has 1 atom stereocenters. The Morgan fingerprint density at radius 3 is 2.64 bits per heavy atom. The number of H-pyrrole nitrogens is 1. The lowest BCUT2D eigenvalue weighted by atomic mass is 10.0. The first-order valence-electron chi connectivity index (χ1n) is 7.66. The first-order valence-corrected chi connectivity index (χ1v) is 9.05. The van der Waals surface area contributed by atoms with Gasteiger partial charge in [0.25, 0.3) is 0 Å². The van der Waals surface area contributed by atoms with Crippen molar-refractivity contribution in [3.63, 3.8) is 0 Å². The van der Waals surface area contributed by atoms with Crippen LogP contribution in [0.3, 0.4) is 0 Å². The van der Waals surface area contributed by atoms with E-state index in [1.54, 1.807) is 6.20 Å². The number of carboxylic acid groups (broad SMARTS) is 1. The first-order chi connectivity index (χ1) is 12.2.